The molecule has 2 aromatic heterocycles. The summed E-state index contributed by atoms with van der Waals surface area (Å²) in [5.74, 6) is 0.649. The van der Waals surface area contributed by atoms with Gasteiger partial charge in [-0.3, -0.25) is 9.59 Å². The van der Waals surface area contributed by atoms with E-state index in [0.29, 0.717) is 17.1 Å². The number of amides is 2. The van der Waals surface area contributed by atoms with Gasteiger partial charge in [0.1, 0.15) is 18.1 Å². The molecule has 2 aliphatic rings. The zero-order valence-corrected chi connectivity index (χ0v) is 21.5. The molecule has 196 valence electrons. The van der Waals surface area contributed by atoms with E-state index in [2.05, 4.69) is 10.4 Å². The lowest BCUT2D eigenvalue weighted by molar-refractivity contribution is -0.126. The van der Waals surface area contributed by atoms with Crippen molar-refractivity contribution in [2.45, 2.75) is 70.6 Å². The van der Waals surface area contributed by atoms with Crippen molar-refractivity contribution < 1.29 is 24.2 Å². The van der Waals surface area contributed by atoms with Crippen molar-refractivity contribution in [2.75, 3.05) is 6.61 Å². The molecule has 0 saturated heterocycles. The number of ether oxygens (including phenoxy) is 2. The molecule has 2 saturated carbocycles. The van der Waals surface area contributed by atoms with Gasteiger partial charge in [0.25, 0.3) is 5.91 Å². The lowest BCUT2D eigenvalue weighted by atomic mass is 9.53. The number of aliphatic hydroxyl groups is 1. The van der Waals surface area contributed by atoms with Crippen molar-refractivity contribution in [1.29, 1.82) is 0 Å². The van der Waals surface area contributed by atoms with Gasteiger partial charge in [-0.2, -0.15) is 5.10 Å². The number of hydrogen-bond donors (Lipinski definition) is 3. The predicted molar refractivity (Wildman–Crippen MR) is 138 cm³/mol. The second kappa shape index (κ2) is 9.37. The number of carbonyl (C=O) groups is 2. The molecule has 1 spiro atoms. The molecule has 0 unspecified atom stereocenters. The largest absolute Gasteiger partial charge is 0.490 e. The van der Waals surface area contributed by atoms with Crippen molar-refractivity contribution >= 4 is 17.3 Å². The summed E-state index contributed by atoms with van der Waals surface area (Å²) >= 11 is 0. The van der Waals surface area contributed by atoms with Crippen molar-refractivity contribution in [1.82, 2.24) is 14.9 Å². The number of hydrogen-bond acceptors (Lipinski definition) is 6. The molecule has 9 nitrogen and oxygen atoms in total. The zero-order chi connectivity index (χ0) is 26.4. The Morgan fingerprint density at radius 2 is 1.97 bits per heavy atom. The molecule has 0 aliphatic heterocycles. The van der Waals surface area contributed by atoms with Crippen LogP contribution in [-0.2, 0) is 11.2 Å². The van der Waals surface area contributed by atoms with E-state index in [9.17, 15) is 14.7 Å². The van der Waals surface area contributed by atoms with Crippen LogP contribution in [0.1, 0.15) is 61.0 Å². The van der Waals surface area contributed by atoms with Crippen molar-refractivity contribution in [3.05, 3.63) is 59.4 Å². The highest BCUT2D eigenvalue weighted by Gasteiger charge is 2.54. The van der Waals surface area contributed by atoms with Crippen LogP contribution in [0.3, 0.4) is 0 Å². The summed E-state index contributed by atoms with van der Waals surface area (Å²) in [5, 5.41) is 17.3. The minimum absolute atomic E-state index is 0.0185. The summed E-state index contributed by atoms with van der Waals surface area (Å²) in [7, 11) is 0. The van der Waals surface area contributed by atoms with E-state index >= 15 is 0 Å². The normalized spacial score (nSPS) is 22.8. The molecule has 0 bridgehead atoms. The number of pyridine rings is 1. The number of carbonyl (C=O) groups excluding carboxylic acids is 2. The Labute approximate surface area is 215 Å². The quantitative estimate of drug-likeness (QED) is 0.409. The van der Waals surface area contributed by atoms with Gasteiger partial charge in [-0.25, -0.2) is 4.52 Å². The summed E-state index contributed by atoms with van der Waals surface area (Å²) in [4.78, 5) is 24.5. The van der Waals surface area contributed by atoms with E-state index in [4.69, 9.17) is 15.2 Å². The van der Waals surface area contributed by atoms with E-state index in [1.54, 1.807) is 36.8 Å². The van der Waals surface area contributed by atoms with Crippen molar-refractivity contribution in [2.24, 2.45) is 11.1 Å². The number of nitrogens with two attached hydrogens (primary N) is 1. The summed E-state index contributed by atoms with van der Waals surface area (Å²) in [6, 6.07) is 9.35. The number of primary amides is 1. The van der Waals surface area contributed by atoms with Crippen LogP contribution in [0.15, 0.2) is 42.7 Å². The fraction of sp³-hybridized carbons (Fsp3) is 0.464. The molecule has 2 fully saturated rings. The first kappa shape index (κ1) is 25.1. The molecule has 2 aliphatic carbocycles. The molecule has 5 rings (SSSR count). The SMILES string of the molecule is Cc1ccc(OC2CC3(CC(NC(=O)Cc4cnn5cc(OCC(C)(C)O)ccc45)C3)C2)c(C(N)=O)c1. The van der Waals surface area contributed by atoms with E-state index < -0.39 is 11.5 Å². The maximum atomic E-state index is 12.7. The van der Waals surface area contributed by atoms with Gasteiger partial charge in [-0.1, -0.05) is 11.6 Å². The van der Waals surface area contributed by atoms with Crippen molar-refractivity contribution in [3.8, 4) is 11.5 Å². The van der Waals surface area contributed by atoms with Crippen LogP contribution in [0, 0.1) is 12.3 Å². The first-order valence-corrected chi connectivity index (χ1v) is 12.7. The number of nitrogens with zero attached hydrogens (tertiary/aromatic N) is 2. The number of nitrogens with one attached hydrogen (secondary N) is 1. The first-order chi connectivity index (χ1) is 17.5. The molecule has 1 aromatic carbocycles. The lowest BCUT2D eigenvalue weighted by Crippen LogP contribution is -2.59. The average Bonchev–Trinajstić information content (AvgIpc) is 3.17. The number of benzene rings is 1. The Morgan fingerprint density at radius 1 is 1.22 bits per heavy atom. The van der Waals surface area contributed by atoms with Crippen LogP contribution in [0.5, 0.6) is 11.5 Å². The van der Waals surface area contributed by atoms with Crippen LogP contribution >= 0.6 is 0 Å². The third-order valence-corrected chi connectivity index (χ3v) is 7.25. The first-order valence-electron chi connectivity index (χ1n) is 12.7. The highest BCUT2D eigenvalue weighted by molar-refractivity contribution is 5.95. The minimum Gasteiger partial charge on any atom is -0.490 e. The molecule has 9 heteroatoms. The summed E-state index contributed by atoms with van der Waals surface area (Å²) in [6.07, 6.45) is 7.47. The predicted octanol–water partition coefficient (Wildman–Crippen LogP) is 2.94. The van der Waals surface area contributed by atoms with Gasteiger partial charge in [0.15, 0.2) is 0 Å². The molecule has 0 atom stereocenters. The van der Waals surface area contributed by atoms with Gasteiger partial charge >= 0.3 is 0 Å². The van der Waals surface area contributed by atoms with Crippen LogP contribution in [0.4, 0.5) is 0 Å². The van der Waals surface area contributed by atoms with Gasteiger partial charge in [-0.05, 0) is 76.1 Å². The highest BCUT2D eigenvalue weighted by Crippen LogP contribution is 2.56. The Balaban J connectivity index is 1.09. The summed E-state index contributed by atoms with van der Waals surface area (Å²) < 4.78 is 13.4. The zero-order valence-electron chi connectivity index (χ0n) is 21.5. The van der Waals surface area contributed by atoms with Crippen LogP contribution in [0.2, 0.25) is 0 Å². The molecule has 2 amide bonds. The Hall–Kier alpha value is -3.59. The van der Waals surface area contributed by atoms with Gasteiger partial charge < -0.3 is 25.6 Å². The third kappa shape index (κ3) is 5.56. The molecular formula is C28H34N4O5. The third-order valence-electron chi connectivity index (χ3n) is 7.25. The van der Waals surface area contributed by atoms with Crippen LogP contribution in [0.25, 0.3) is 5.52 Å². The summed E-state index contributed by atoms with van der Waals surface area (Å²) in [6.45, 7) is 5.46. The maximum absolute atomic E-state index is 12.7. The second-order valence-electron chi connectivity index (χ2n) is 11.3. The van der Waals surface area contributed by atoms with E-state index in [-0.39, 0.29) is 36.5 Å². The van der Waals surface area contributed by atoms with E-state index in [0.717, 1.165) is 42.3 Å². The maximum Gasteiger partial charge on any atom is 0.252 e. The molecule has 37 heavy (non-hydrogen) atoms. The van der Waals surface area contributed by atoms with Gasteiger partial charge in [0.2, 0.25) is 5.91 Å². The van der Waals surface area contributed by atoms with Gasteiger partial charge in [-0.15, -0.1) is 0 Å². The molecular weight excluding hydrogens is 472 g/mol. The molecule has 0 radical (unpaired) electrons. The number of rotatable bonds is 9. The molecule has 3 aromatic rings. The molecule has 4 N–H and O–H groups in total. The fourth-order valence-electron chi connectivity index (χ4n) is 5.48. The van der Waals surface area contributed by atoms with Crippen LogP contribution in [-0.4, -0.2) is 50.9 Å². The van der Waals surface area contributed by atoms with E-state index in [1.165, 1.54) is 0 Å². The number of aryl methyl sites for hydroxylation is 1. The fourth-order valence-corrected chi connectivity index (χ4v) is 5.48. The Morgan fingerprint density at radius 3 is 2.68 bits per heavy atom. The van der Waals surface area contributed by atoms with Crippen LogP contribution < -0.4 is 20.5 Å². The van der Waals surface area contributed by atoms with Gasteiger partial charge in [0, 0.05) is 11.6 Å². The minimum atomic E-state index is -0.925. The smallest absolute Gasteiger partial charge is 0.252 e. The van der Waals surface area contributed by atoms with E-state index in [1.807, 2.05) is 31.2 Å². The average molecular weight is 507 g/mol. The summed E-state index contributed by atoms with van der Waals surface area (Å²) in [5.41, 5.74) is 7.88. The second-order valence-corrected chi connectivity index (χ2v) is 11.3. The monoisotopic (exact) mass is 506 g/mol. The van der Waals surface area contributed by atoms with Crippen molar-refractivity contribution in [3.63, 3.8) is 0 Å². The topological polar surface area (TPSA) is 128 Å². The Bertz CT molecular complexity index is 1330. The molecule has 2 heterocycles. The highest BCUT2D eigenvalue weighted by atomic mass is 16.5. The number of fused-ring (bicyclic) bond motifs is 1. The van der Waals surface area contributed by atoms with Gasteiger partial charge in [0.05, 0.1) is 41.6 Å². The Kier molecular flexibility index (Phi) is 6.35. The number of aromatic nitrogens is 2. The standard InChI is InChI=1S/C28H34N4O5/c1-17-4-7-24(22(8-17)26(29)34)37-21-12-28(13-21)10-19(11-28)31-25(33)9-18-14-30-32-15-20(5-6-23(18)32)36-16-27(2,3)35/h4-8,14-15,19,21,35H,9-13,16H2,1-3H3,(H2,29,34)(H,31,33). The lowest BCUT2D eigenvalue weighted by Gasteiger charge is -2.57.